The van der Waals surface area contributed by atoms with E-state index in [0.29, 0.717) is 12.1 Å². The number of para-hydroxylation sites is 1. The molecule has 0 aliphatic heterocycles. The lowest BCUT2D eigenvalue weighted by Crippen LogP contribution is -2.26. The van der Waals surface area contributed by atoms with Gasteiger partial charge in [0.15, 0.2) is 0 Å². The van der Waals surface area contributed by atoms with Gasteiger partial charge in [-0.05, 0) is 36.4 Å². The average molecular weight is 358 g/mol. The Bertz CT molecular complexity index is 1020. The Balaban J connectivity index is 1.44. The minimum atomic E-state index is -0.0485. The number of nitrogens with zero attached hydrogens (tertiary/aromatic N) is 6. The Morgan fingerprint density at radius 3 is 2.41 bits per heavy atom. The zero-order valence-corrected chi connectivity index (χ0v) is 14.8. The summed E-state index contributed by atoms with van der Waals surface area (Å²) in [5.74, 6) is -0.0485. The second-order valence-corrected chi connectivity index (χ2v) is 6.18. The van der Waals surface area contributed by atoms with Crippen molar-refractivity contribution in [1.29, 1.82) is 0 Å². The summed E-state index contributed by atoms with van der Waals surface area (Å²) in [5, 5.41) is 8.45. The van der Waals surface area contributed by atoms with Crippen molar-refractivity contribution >= 4 is 5.91 Å². The van der Waals surface area contributed by atoms with Crippen molar-refractivity contribution in [3.05, 3.63) is 90.8 Å². The third-order valence-corrected chi connectivity index (χ3v) is 4.22. The highest BCUT2D eigenvalue weighted by Gasteiger charge is 2.13. The van der Waals surface area contributed by atoms with Crippen molar-refractivity contribution in [3.63, 3.8) is 0 Å². The van der Waals surface area contributed by atoms with E-state index in [4.69, 9.17) is 0 Å². The standard InChI is InChI=1S/C20H18N6O/c1-24(12-16-11-22-25(13-16)18-5-3-2-4-6-18)20(27)17-7-9-19(10-8-17)26-15-21-14-23-26/h2-11,13-15H,12H2,1H3. The molecule has 0 atom stereocenters. The molecule has 7 nitrogen and oxygen atoms in total. The van der Waals surface area contributed by atoms with Gasteiger partial charge in [0.25, 0.3) is 5.91 Å². The molecule has 0 fully saturated rings. The fourth-order valence-electron chi connectivity index (χ4n) is 2.83. The molecule has 2 heterocycles. The van der Waals surface area contributed by atoms with Crippen LogP contribution >= 0.6 is 0 Å². The zero-order valence-electron chi connectivity index (χ0n) is 14.8. The highest BCUT2D eigenvalue weighted by Crippen LogP contribution is 2.13. The molecule has 0 saturated carbocycles. The fourth-order valence-corrected chi connectivity index (χ4v) is 2.83. The van der Waals surface area contributed by atoms with E-state index in [0.717, 1.165) is 16.9 Å². The minimum absolute atomic E-state index is 0.0485. The maximum atomic E-state index is 12.7. The quantitative estimate of drug-likeness (QED) is 0.550. The van der Waals surface area contributed by atoms with Gasteiger partial charge in [0, 0.05) is 30.9 Å². The first-order valence-corrected chi connectivity index (χ1v) is 8.50. The number of carbonyl (C=O) groups excluding carboxylic acids is 1. The number of rotatable bonds is 5. The number of benzene rings is 2. The van der Waals surface area contributed by atoms with Gasteiger partial charge in [0.2, 0.25) is 0 Å². The molecule has 0 unspecified atom stereocenters. The molecule has 4 rings (SSSR count). The first-order valence-electron chi connectivity index (χ1n) is 8.50. The van der Waals surface area contributed by atoms with Crippen LogP contribution in [0.3, 0.4) is 0 Å². The Hall–Kier alpha value is -3.74. The summed E-state index contributed by atoms with van der Waals surface area (Å²) >= 11 is 0. The summed E-state index contributed by atoms with van der Waals surface area (Å²) in [7, 11) is 1.79. The summed E-state index contributed by atoms with van der Waals surface area (Å²) < 4.78 is 3.45. The molecule has 1 amide bonds. The van der Waals surface area contributed by atoms with E-state index in [-0.39, 0.29) is 5.91 Å². The molecular formula is C20H18N6O. The summed E-state index contributed by atoms with van der Waals surface area (Å²) in [5.41, 5.74) is 3.43. The molecule has 27 heavy (non-hydrogen) atoms. The summed E-state index contributed by atoms with van der Waals surface area (Å²) in [6.07, 6.45) is 6.81. The lowest BCUT2D eigenvalue weighted by atomic mass is 10.2. The number of aromatic nitrogens is 5. The Morgan fingerprint density at radius 1 is 0.963 bits per heavy atom. The van der Waals surface area contributed by atoms with Gasteiger partial charge in [-0.3, -0.25) is 4.79 Å². The van der Waals surface area contributed by atoms with E-state index < -0.39 is 0 Å². The van der Waals surface area contributed by atoms with Crippen LogP contribution in [0.25, 0.3) is 11.4 Å². The second kappa shape index (κ2) is 7.25. The third kappa shape index (κ3) is 3.62. The van der Waals surface area contributed by atoms with Gasteiger partial charge in [0.1, 0.15) is 12.7 Å². The lowest BCUT2D eigenvalue weighted by Gasteiger charge is -2.16. The van der Waals surface area contributed by atoms with Gasteiger partial charge in [-0.25, -0.2) is 14.3 Å². The molecule has 0 aliphatic carbocycles. The van der Waals surface area contributed by atoms with Crippen LogP contribution in [-0.4, -0.2) is 42.4 Å². The van der Waals surface area contributed by atoms with Gasteiger partial charge in [-0.2, -0.15) is 10.2 Å². The van der Waals surface area contributed by atoms with Crippen LogP contribution < -0.4 is 0 Å². The van der Waals surface area contributed by atoms with Crippen molar-refractivity contribution in [2.24, 2.45) is 0 Å². The molecule has 0 radical (unpaired) electrons. The summed E-state index contributed by atoms with van der Waals surface area (Å²) in [4.78, 5) is 18.3. The number of carbonyl (C=O) groups is 1. The molecule has 0 spiro atoms. The molecular weight excluding hydrogens is 340 g/mol. The van der Waals surface area contributed by atoms with E-state index in [1.54, 1.807) is 46.0 Å². The van der Waals surface area contributed by atoms with E-state index in [1.165, 1.54) is 6.33 Å². The van der Waals surface area contributed by atoms with Crippen molar-refractivity contribution in [3.8, 4) is 11.4 Å². The first-order chi connectivity index (χ1) is 13.2. The van der Waals surface area contributed by atoms with E-state index in [1.807, 2.05) is 48.7 Å². The van der Waals surface area contributed by atoms with Crippen LogP contribution in [0.4, 0.5) is 0 Å². The van der Waals surface area contributed by atoms with E-state index >= 15 is 0 Å². The molecule has 134 valence electrons. The largest absolute Gasteiger partial charge is 0.337 e. The highest BCUT2D eigenvalue weighted by molar-refractivity contribution is 5.94. The first kappa shape index (κ1) is 16.7. The number of hydrogen-bond acceptors (Lipinski definition) is 4. The molecule has 7 heteroatoms. The molecule has 0 aliphatic rings. The van der Waals surface area contributed by atoms with Crippen LogP contribution in [0, 0.1) is 0 Å². The number of amides is 1. The van der Waals surface area contributed by atoms with E-state index in [9.17, 15) is 4.79 Å². The molecule has 0 saturated heterocycles. The van der Waals surface area contributed by atoms with Crippen molar-refractivity contribution in [1.82, 2.24) is 29.4 Å². The summed E-state index contributed by atoms with van der Waals surface area (Å²) in [6, 6.07) is 17.2. The van der Waals surface area contributed by atoms with Gasteiger partial charge in [0.05, 0.1) is 17.6 Å². The van der Waals surface area contributed by atoms with Gasteiger partial charge in [-0.15, -0.1) is 0 Å². The Morgan fingerprint density at radius 2 is 1.70 bits per heavy atom. The topological polar surface area (TPSA) is 68.8 Å². The normalized spacial score (nSPS) is 10.7. The molecule has 4 aromatic rings. The molecule has 2 aromatic carbocycles. The predicted octanol–water partition coefficient (Wildman–Crippen LogP) is 2.73. The van der Waals surface area contributed by atoms with Crippen molar-refractivity contribution < 1.29 is 4.79 Å². The van der Waals surface area contributed by atoms with Crippen LogP contribution in [0.2, 0.25) is 0 Å². The second-order valence-electron chi connectivity index (χ2n) is 6.18. The van der Waals surface area contributed by atoms with Gasteiger partial charge >= 0.3 is 0 Å². The van der Waals surface area contributed by atoms with Gasteiger partial charge < -0.3 is 4.90 Å². The van der Waals surface area contributed by atoms with Crippen LogP contribution in [0.15, 0.2) is 79.6 Å². The van der Waals surface area contributed by atoms with E-state index in [2.05, 4.69) is 15.2 Å². The maximum Gasteiger partial charge on any atom is 0.253 e. The van der Waals surface area contributed by atoms with Crippen LogP contribution in [0.5, 0.6) is 0 Å². The van der Waals surface area contributed by atoms with Gasteiger partial charge in [-0.1, -0.05) is 18.2 Å². The van der Waals surface area contributed by atoms with Crippen molar-refractivity contribution in [2.45, 2.75) is 6.54 Å². The smallest absolute Gasteiger partial charge is 0.253 e. The van der Waals surface area contributed by atoms with Crippen LogP contribution in [-0.2, 0) is 6.54 Å². The Kier molecular flexibility index (Phi) is 4.49. The maximum absolute atomic E-state index is 12.7. The minimum Gasteiger partial charge on any atom is -0.337 e. The molecule has 2 aromatic heterocycles. The average Bonchev–Trinajstić information content (AvgIpc) is 3.40. The van der Waals surface area contributed by atoms with Crippen molar-refractivity contribution in [2.75, 3.05) is 7.05 Å². The van der Waals surface area contributed by atoms with Crippen LogP contribution in [0.1, 0.15) is 15.9 Å². The fraction of sp³-hybridized carbons (Fsp3) is 0.100. The summed E-state index contributed by atoms with van der Waals surface area (Å²) in [6.45, 7) is 0.483. The monoisotopic (exact) mass is 358 g/mol. The predicted molar refractivity (Wildman–Crippen MR) is 101 cm³/mol. The molecule has 0 bridgehead atoms. The SMILES string of the molecule is CN(Cc1cnn(-c2ccccc2)c1)C(=O)c1ccc(-n2cncn2)cc1. The lowest BCUT2D eigenvalue weighted by molar-refractivity contribution is 0.0785. The Labute approximate surface area is 156 Å². The highest BCUT2D eigenvalue weighted by atomic mass is 16.2. The number of hydrogen-bond donors (Lipinski definition) is 0. The molecule has 0 N–H and O–H groups in total. The zero-order chi connectivity index (χ0) is 18.6. The third-order valence-electron chi connectivity index (χ3n) is 4.22.